The van der Waals surface area contributed by atoms with Gasteiger partial charge in [0.05, 0.1) is 10.2 Å². The van der Waals surface area contributed by atoms with Crippen molar-refractivity contribution in [3.63, 3.8) is 0 Å². The maximum Gasteiger partial charge on any atom is 0.251 e. The fourth-order valence-corrected chi connectivity index (χ4v) is 4.15. The summed E-state index contributed by atoms with van der Waals surface area (Å²) in [4.78, 5) is 31.4. The highest BCUT2D eigenvalue weighted by molar-refractivity contribution is 7.16. The third-order valence-electron chi connectivity index (χ3n) is 4.58. The van der Waals surface area contributed by atoms with Crippen LogP contribution in [0.3, 0.4) is 0 Å². The second-order valence-corrected chi connectivity index (χ2v) is 7.28. The van der Waals surface area contributed by atoms with Gasteiger partial charge in [0.25, 0.3) is 5.91 Å². The second kappa shape index (κ2) is 7.30. The molecule has 0 N–H and O–H groups in total. The van der Waals surface area contributed by atoms with E-state index in [1.165, 1.54) is 11.3 Å². The molecule has 1 aromatic carbocycles. The lowest BCUT2D eigenvalue weighted by Crippen LogP contribution is -2.40. The van der Waals surface area contributed by atoms with Crippen molar-refractivity contribution in [1.29, 1.82) is 0 Å². The number of amides is 2. The Labute approximate surface area is 145 Å². The summed E-state index contributed by atoms with van der Waals surface area (Å²) in [6, 6.07) is 8.06. The van der Waals surface area contributed by atoms with E-state index in [-0.39, 0.29) is 17.7 Å². The van der Waals surface area contributed by atoms with Crippen LogP contribution in [0.2, 0.25) is 0 Å². The molecular weight excluding hydrogens is 322 g/mol. The molecule has 0 unspecified atom stereocenters. The zero-order chi connectivity index (χ0) is 17.1. The maximum atomic E-state index is 12.5. The number of nitrogens with zero attached hydrogens (tertiary/aromatic N) is 3. The molecule has 1 aliphatic heterocycles. The smallest absolute Gasteiger partial charge is 0.251 e. The van der Waals surface area contributed by atoms with Crippen molar-refractivity contribution < 1.29 is 9.59 Å². The van der Waals surface area contributed by atoms with E-state index in [2.05, 4.69) is 4.99 Å². The summed E-state index contributed by atoms with van der Waals surface area (Å²) in [6.45, 7) is 3.35. The first-order valence-corrected chi connectivity index (χ1v) is 9.32. The molecular formula is C18H23N3O2S. The minimum absolute atomic E-state index is 0.0558. The lowest BCUT2D eigenvalue weighted by molar-refractivity contribution is -0.134. The molecule has 0 saturated carbocycles. The van der Waals surface area contributed by atoms with Crippen molar-refractivity contribution in [2.75, 3.05) is 13.1 Å². The number of piperidine rings is 1. The summed E-state index contributed by atoms with van der Waals surface area (Å²) >= 11 is 1.54. The molecule has 0 aliphatic carbocycles. The van der Waals surface area contributed by atoms with Crippen molar-refractivity contribution in [2.45, 2.75) is 32.6 Å². The van der Waals surface area contributed by atoms with Gasteiger partial charge in [-0.3, -0.25) is 9.59 Å². The number of fused-ring (bicyclic) bond motifs is 1. The van der Waals surface area contributed by atoms with E-state index in [0.29, 0.717) is 32.4 Å². The maximum absolute atomic E-state index is 12.5. The van der Waals surface area contributed by atoms with Crippen molar-refractivity contribution in [2.24, 2.45) is 18.0 Å². The van der Waals surface area contributed by atoms with Crippen LogP contribution in [-0.2, 0) is 16.6 Å². The second-order valence-electron chi connectivity index (χ2n) is 6.27. The van der Waals surface area contributed by atoms with Gasteiger partial charge in [0.2, 0.25) is 5.91 Å². The number of para-hydroxylation sites is 1. The van der Waals surface area contributed by atoms with Crippen LogP contribution in [0.1, 0.15) is 32.6 Å². The van der Waals surface area contributed by atoms with E-state index < -0.39 is 0 Å². The Bertz CT molecular complexity index is 813. The van der Waals surface area contributed by atoms with Gasteiger partial charge < -0.3 is 9.47 Å². The summed E-state index contributed by atoms with van der Waals surface area (Å²) in [5, 5.41) is 0. The summed E-state index contributed by atoms with van der Waals surface area (Å²) in [5.74, 6) is 0.0804. The Kier molecular flexibility index (Phi) is 5.14. The Morgan fingerprint density at radius 3 is 2.62 bits per heavy atom. The van der Waals surface area contributed by atoms with Gasteiger partial charge in [0.1, 0.15) is 0 Å². The van der Waals surface area contributed by atoms with Crippen molar-refractivity contribution in [3.8, 4) is 0 Å². The van der Waals surface area contributed by atoms with Gasteiger partial charge in [-0.15, -0.1) is 0 Å². The standard InChI is InChI=1S/C18H23N3O2S/c1-3-6-16(22)21-11-9-13(10-12-21)17(23)19-18-20(2)14-7-4-5-8-15(14)24-18/h4-5,7-8,13H,3,6,9-12H2,1-2H3. The summed E-state index contributed by atoms with van der Waals surface area (Å²) < 4.78 is 3.10. The molecule has 0 radical (unpaired) electrons. The fraction of sp³-hybridized carbons (Fsp3) is 0.500. The number of aromatic nitrogens is 1. The van der Waals surface area contributed by atoms with Crippen LogP contribution in [0.4, 0.5) is 0 Å². The molecule has 3 rings (SSSR count). The van der Waals surface area contributed by atoms with E-state index in [0.717, 1.165) is 21.4 Å². The topological polar surface area (TPSA) is 54.7 Å². The van der Waals surface area contributed by atoms with Crippen LogP contribution in [-0.4, -0.2) is 34.4 Å². The zero-order valence-corrected chi connectivity index (χ0v) is 15.0. The molecule has 24 heavy (non-hydrogen) atoms. The molecule has 2 aromatic rings. The minimum Gasteiger partial charge on any atom is -0.343 e. The molecule has 0 atom stereocenters. The number of aryl methyl sites for hydroxylation is 1. The highest BCUT2D eigenvalue weighted by Gasteiger charge is 2.26. The van der Waals surface area contributed by atoms with Crippen LogP contribution < -0.4 is 4.80 Å². The third-order valence-corrected chi connectivity index (χ3v) is 5.69. The lowest BCUT2D eigenvalue weighted by atomic mass is 9.96. The quantitative estimate of drug-likeness (QED) is 0.859. The number of likely N-dealkylation sites (tertiary alicyclic amines) is 1. The Balaban J connectivity index is 1.71. The zero-order valence-electron chi connectivity index (χ0n) is 14.2. The molecule has 0 spiro atoms. The van der Waals surface area contributed by atoms with Crippen molar-refractivity contribution >= 4 is 33.4 Å². The number of carbonyl (C=O) groups is 2. The summed E-state index contributed by atoms with van der Waals surface area (Å²) in [5.41, 5.74) is 1.09. The summed E-state index contributed by atoms with van der Waals surface area (Å²) in [7, 11) is 1.94. The van der Waals surface area contributed by atoms with Gasteiger partial charge in [-0.05, 0) is 31.4 Å². The van der Waals surface area contributed by atoms with Gasteiger partial charge >= 0.3 is 0 Å². The largest absolute Gasteiger partial charge is 0.343 e. The van der Waals surface area contributed by atoms with Gasteiger partial charge in [-0.25, -0.2) is 0 Å². The van der Waals surface area contributed by atoms with Gasteiger partial charge in [0, 0.05) is 32.5 Å². The first-order chi connectivity index (χ1) is 11.6. The molecule has 2 heterocycles. The average molecular weight is 345 g/mol. The molecule has 6 heteroatoms. The Morgan fingerprint density at radius 2 is 1.96 bits per heavy atom. The van der Waals surface area contributed by atoms with Crippen LogP contribution in [0.15, 0.2) is 29.3 Å². The van der Waals surface area contributed by atoms with Gasteiger partial charge in [0.15, 0.2) is 4.80 Å². The molecule has 1 saturated heterocycles. The minimum atomic E-state index is -0.0686. The average Bonchev–Trinajstić information content (AvgIpc) is 2.91. The van der Waals surface area contributed by atoms with Crippen molar-refractivity contribution in [1.82, 2.24) is 9.47 Å². The number of rotatable bonds is 3. The van der Waals surface area contributed by atoms with Gasteiger partial charge in [-0.1, -0.05) is 30.4 Å². The molecule has 5 nitrogen and oxygen atoms in total. The Hall–Kier alpha value is -1.95. The monoisotopic (exact) mass is 345 g/mol. The first kappa shape index (κ1) is 16.9. The fourth-order valence-electron chi connectivity index (χ4n) is 3.12. The van der Waals surface area contributed by atoms with Crippen molar-refractivity contribution in [3.05, 3.63) is 29.1 Å². The van der Waals surface area contributed by atoms with E-state index in [1.807, 2.05) is 47.7 Å². The molecule has 2 amide bonds. The molecule has 1 aromatic heterocycles. The number of hydrogen-bond acceptors (Lipinski definition) is 3. The van der Waals surface area contributed by atoms with E-state index in [4.69, 9.17) is 0 Å². The highest BCUT2D eigenvalue weighted by atomic mass is 32.1. The molecule has 1 aliphatic rings. The molecule has 128 valence electrons. The van der Waals surface area contributed by atoms with E-state index in [9.17, 15) is 9.59 Å². The van der Waals surface area contributed by atoms with E-state index in [1.54, 1.807) is 0 Å². The number of hydrogen-bond donors (Lipinski definition) is 0. The highest BCUT2D eigenvalue weighted by Crippen LogP contribution is 2.20. The van der Waals surface area contributed by atoms with Crippen LogP contribution in [0.5, 0.6) is 0 Å². The third kappa shape index (κ3) is 3.43. The normalized spacial score (nSPS) is 16.8. The van der Waals surface area contributed by atoms with Gasteiger partial charge in [-0.2, -0.15) is 4.99 Å². The van der Waals surface area contributed by atoms with Crippen LogP contribution >= 0.6 is 11.3 Å². The van der Waals surface area contributed by atoms with Crippen LogP contribution in [0, 0.1) is 5.92 Å². The molecule has 0 bridgehead atoms. The summed E-state index contributed by atoms with van der Waals surface area (Å²) in [6.07, 6.45) is 2.90. The first-order valence-electron chi connectivity index (χ1n) is 8.51. The number of benzene rings is 1. The number of carbonyl (C=O) groups excluding carboxylic acids is 2. The van der Waals surface area contributed by atoms with E-state index >= 15 is 0 Å². The van der Waals surface area contributed by atoms with Crippen LogP contribution in [0.25, 0.3) is 10.2 Å². The Morgan fingerprint density at radius 1 is 1.25 bits per heavy atom. The lowest BCUT2D eigenvalue weighted by Gasteiger charge is -2.30. The number of thiazole rings is 1. The predicted octanol–water partition coefficient (Wildman–Crippen LogP) is 2.71. The SMILES string of the molecule is CCCC(=O)N1CCC(C(=O)N=c2sc3ccccc3n2C)CC1. The predicted molar refractivity (Wildman–Crippen MR) is 95.6 cm³/mol. The molecule has 1 fully saturated rings.